The molecule has 0 aliphatic carbocycles. The molecule has 1 N–H and O–H groups in total. The van der Waals surface area contributed by atoms with Crippen molar-refractivity contribution < 1.29 is 4.79 Å². The van der Waals surface area contributed by atoms with Gasteiger partial charge in [-0.25, -0.2) is 4.98 Å². The number of carbonyl (C=O) groups is 1. The van der Waals surface area contributed by atoms with Gasteiger partial charge in [0.2, 0.25) is 0 Å². The number of hydrogen-bond acceptors (Lipinski definition) is 3. The van der Waals surface area contributed by atoms with E-state index in [1.165, 1.54) is 0 Å². The molecule has 0 spiro atoms. The van der Waals surface area contributed by atoms with Gasteiger partial charge in [0, 0.05) is 30.3 Å². The zero-order chi connectivity index (χ0) is 13.8. The number of hydrogen-bond donors (Lipinski definition) is 1. The van der Waals surface area contributed by atoms with Crippen molar-refractivity contribution in [1.29, 1.82) is 0 Å². The van der Waals surface area contributed by atoms with Crippen LogP contribution in [0.2, 0.25) is 0 Å². The topological polar surface area (TPSA) is 45.2 Å². The van der Waals surface area contributed by atoms with Crippen molar-refractivity contribution in [3.05, 3.63) is 22.3 Å². The fourth-order valence-corrected chi connectivity index (χ4v) is 2.61. The molecule has 1 fully saturated rings. The SMILES string of the molecule is CCCNc1ncc(Br)cc1C(=O)N1CCC(C)C1. The maximum absolute atomic E-state index is 12.6. The highest BCUT2D eigenvalue weighted by Gasteiger charge is 2.26. The van der Waals surface area contributed by atoms with Gasteiger partial charge in [-0.15, -0.1) is 0 Å². The van der Waals surface area contributed by atoms with Crippen LogP contribution in [0.25, 0.3) is 0 Å². The van der Waals surface area contributed by atoms with E-state index in [0.717, 1.165) is 36.9 Å². The number of nitrogens with one attached hydrogen (secondary N) is 1. The molecule has 0 aromatic carbocycles. The third-order valence-corrected chi connectivity index (χ3v) is 3.77. The molecule has 1 aliphatic rings. The number of carbonyl (C=O) groups excluding carboxylic acids is 1. The average Bonchev–Trinajstić information content (AvgIpc) is 2.83. The fourth-order valence-electron chi connectivity index (χ4n) is 2.28. The summed E-state index contributed by atoms with van der Waals surface area (Å²) in [5.74, 6) is 1.36. The number of pyridine rings is 1. The number of halogens is 1. The van der Waals surface area contributed by atoms with Crippen LogP contribution in [0.5, 0.6) is 0 Å². The first kappa shape index (κ1) is 14.3. The third-order valence-electron chi connectivity index (χ3n) is 3.34. The van der Waals surface area contributed by atoms with Crippen LogP contribution in [0.15, 0.2) is 16.7 Å². The van der Waals surface area contributed by atoms with Crippen molar-refractivity contribution in [2.45, 2.75) is 26.7 Å². The number of nitrogens with zero attached hydrogens (tertiary/aromatic N) is 2. The Morgan fingerprint density at radius 2 is 2.42 bits per heavy atom. The molecule has 1 aromatic rings. The van der Waals surface area contributed by atoms with Crippen molar-refractivity contribution >= 4 is 27.7 Å². The Labute approximate surface area is 122 Å². The van der Waals surface area contributed by atoms with Crippen molar-refractivity contribution in [3.63, 3.8) is 0 Å². The minimum Gasteiger partial charge on any atom is -0.369 e. The number of aromatic nitrogens is 1. The van der Waals surface area contributed by atoms with E-state index < -0.39 is 0 Å². The number of rotatable bonds is 4. The lowest BCUT2D eigenvalue weighted by molar-refractivity contribution is 0.0788. The molecule has 1 amide bonds. The van der Waals surface area contributed by atoms with Gasteiger partial charge >= 0.3 is 0 Å². The largest absolute Gasteiger partial charge is 0.369 e. The minimum atomic E-state index is 0.0803. The van der Waals surface area contributed by atoms with E-state index in [1.807, 2.05) is 11.0 Å². The van der Waals surface area contributed by atoms with Gasteiger partial charge in [-0.05, 0) is 40.8 Å². The quantitative estimate of drug-likeness (QED) is 0.924. The molecular formula is C14H20BrN3O. The van der Waals surface area contributed by atoms with Crippen molar-refractivity contribution in [1.82, 2.24) is 9.88 Å². The van der Waals surface area contributed by atoms with E-state index in [-0.39, 0.29) is 5.91 Å². The molecule has 19 heavy (non-hydrogen) atoms. The van der Waals surface area contributed by atoms with Crippen LogP contribution in [0.3, 0.4) is 0 Å². The Kier molecular flexibility index (Phi) is 4.80. The van der Waals surface area contributed by atoms with Crippen molar-refractivity contribution in [3.8, 4) is 0 Å². The maximum Gasteiger partial charge on any atom is 0.257 e. The van der Waals surface area contributed by atoms with Crippen molar-refractivity contribution in [2.75, 3.05) is 25.0 Å². The Morgan fingerprint density at radius 1 is 1.63 bits per heavy atom. The van der Waals surface area contributed by atoms with Gasteiger partial charge in [-0.3, -0.25) is 4.79 Å². The molecule has 2 heterocycles. The standard InChI is InChI=1S/C14H20BrN3O/c1-3-5-16-13-12(7-11(15)8-17-13)14(19)18-6-4-10(2)9-18/h7-8,10H,3-6,9H2,1-2H3,(H,16,17). The Bertz CT molecular complexity index is 464. The third kappa shape index (κ3) is 3.47. The summed E-state index contributed by atoms with van der Waals surface area (Å²) in [6, 6.07) is 1.86. The summed E-state index contributed by atoms with van der Waals surface area (Å²) in [6.45, 7) is 6.79. The van der Waals surface area contributed by atoms with Gasteiger partial charge in [-0.1, -0.05) is 13.8 Å². The predicted octanol–water partition coefficient (Wildman–Crippen LogP) is 3.15. The first-order chi connectivity index (χ1) is 9.11. The summed E-state index contributed by atoms with van der Waals surface area (Å²) in [7, 11) is 0. The molecule has 0 radical (unpaired) electrons. The molecule has 2 rings (SSSR count). The maximum atomic E-state index is 12.6. The molecule has 1 saturated heterocycles. The number of likely N-dealkylation sites (tertiary alicyclic amines) is 1. The molecule has 1 aliphatic heterocycles. The van der Waals surface area contributed by atoms with Gasteiger partial charge in [-0.2, -0.15) is 0 Å². The summed E-state index contributed by atoms with van der Waals surface area (Å²) in [4.78, 5) is 18.8. The van der Waals surface area contributed by atoms with Crippen LogP contribution in [-0.4, -0.2) is 35.4 Å². The van der Waals surface area contributed by atoms with Crippen LogP contribution in [0, 0.1) is 5.92 Å². The van der Waals surface area contributed by atoms with Gasteiger partial charge in [0.05, 0.1) is 5.56 Å². The average molecular weight is 326 g/mol. The Balaban J connectivity index is 2.21. The highest BCUT2D eigenvalue weighted by Crippen LogP contribution is 2.23. The number of amides is 1. The molecule has 104 valence electrons. The second-order valence-corrected chi connectivity index (χ2v) is 6.04. The molecule has 1 unspecified atom stereocenters. The molecule has 0 bridgehead atoms. The van der Waals surface area contributed by atoms with E-state index >= 15 is 0 Å². The monoisotopic (exact) mass is 325 g/mol. The summed E-state index contributed by atoms with van der Waals surface area (Å²) < 4.78 is 0.838. The van der Waals surface area contributed by atoms with Gasteiger partial charge < -0.3 is 10.2 Å². The fraction of sp³-hybridized carbons (Fsp3) is 0.571. The minimum absolute atomic E-state index is 0.0803. The van der Waals surface area contributed by atoms with E-state index in [0.29, 0.717) is 17.3 Å². The molecule has 1 aromatic heterocycles. The smallest absolute Gasteiger partial charge is 0.257 e. The van der Waals surface area contributed by atoms with Gasteiger partial charge in [0.15, 0.2) is 0 Å². The first-order valence-corrected chi connectivity index (χ1v) is 7.59. The lowest BCUT2D eigenvalue weighted by atomic mass is 10.2. The Morgan fingerprint density at radius 3 is 3.05 bits per heavy atom. The summed E-state index contributed by atoms with van der Waals surface area (Å²) >= 11 is 3.39. The first-order valence-electron chi connectivity index (χ1n) is 6.80. The molecule has 1 atom stereocenters. The van der Waals surface area contributed by atoms with Gasteiger partial charge in [0.25, 0.3) is 5.91 Å². The molecule has 5 heteroatoms. The van der Waals surface area contributed by atoms with Crippen LogP contribution in [-0.2, 0) is 0 Å². The van der Waals surface area contributed by atoms with E-state index in [4.69, 9.17) is 0 Å². The molecule has 0 saturated carbocycles. The van der Waals surface area contributed by atoms with Crippen LogP contribution < -0.4 is 5.32 Å². The lowest BCUT2D eigenvalue weighted by Gasteiger charge is -2.18. The Hall–Kier alpha value is -1.10. The summed E-state index contributed by atoms with van der Waals surface area (Å²) in [5, 5.41) is 3.23. The lowest BCUT2D eigenvalue weighted by Crippen LogP contribution is -2.29. The zero-order valence-corrected chi connectivity index (χ0v) is 13.0. The summed E-state index contributed by atoms with van der Waals surface area (Å²) in [6.07, 6.45) is 3.82. The number of anilines is 1. The van der Waals surface area contributed by atoms with Crippen LogP contribution in [0.4, 0.5) is 5.82 Å². The van der Waals surface area contributed by atoms with Gasteiger partial charge in [0.1, 0.15) is 5.82 Å². The molecule has 4 nitrogen and oxygen atoms in total. The normalized spacial score (nSPS) is 18.7. The van der Waals surface area contributed by atoms with E-state index in [2.05, 4.69) is 40.1 Å². The second kappa shape index (κ2) is 6.37. The molecular weight excluding hydrogens is 306 g/mol. The van der Waals surface area contributed by atoms with Crippen LogP contribution in [0.1, 0.15) is 37.0 Å². The zero-order valence-electron chi connectivity index (χ0n) is 11.4. The second-order valence-electron chi connectivity index (χ2n) is 5.12. The summed E-state index contributed by atoms with van der Waals surface area (Å²) in [5.41, 5.74) is 0.664. The highest BCUT2D eigenvalue weighted by atomic mass is 79.9. The highest BCUT2D eigenvalue weighted by molar-refractivity contribution is 9.10. The van der Waals surface area contributed by atoms with Crippen molar-refractivity contribution in [2.24, 2.45) is 5.92 Å². The van der Waals surface area contributed by atoms with Crippen LogP contribution >= 0.6 is 15.9 Å². The van der Waals surface area contributed by atoms with E-state index in [9.17, 15) is 4.79 Å². The predicted molar refractivity (Wildman–Crippen MR) is 80.4 cm³/mol. The van der Waals surface area contributed by atoms with E-state index in [1.54, 1.807) is 6.20 Å².